The van der Waals surface area contributed by atoms with Crippen LogP contribution in [0.2, 0.25) is 0 Å². The summed E-state index contributed by atoms with van der Waals surface area (Å²) in [5.41, 5.74) is 3.96. The normalized spacial score (nSPS) is 9.55. The number of hydrogen-bond acceptors (Lipinski definition) is 2. The Bertz CT molecular complexity index is 345. The van der Waals surface area contributed by atoms with Crippen molar-refractivity contribution in [2.75, 3.05) is 0 Å². The number of carbonyl (C=O) groups is 1. The molecular weight excluding hydrogens is 151 g/mol. The second kappa shape index (κ2) is 2.53. The Hall–Kier alpha value is -1.65. The molecule has 1 aromatic heterocycles. The summed E-state index contributed by atoms with van der Waals surface area (Å²) in [6.07, 6.45) is 0. The van der Waals surface area contributed by atoms with Crippen LogP contribution >= 0.6 is 0 Å². The van der Waals surface area contributed by atoms with Crippen LogP contribution in [0.3, 0.4) is 0 Å². The molecule has 0 fully saturated rings. The molecule has 0 spiro atoms. The Kier molecular flexibility index (Phi) is 1.72. The lowest BCUT2D eigenvalue weighted by molar-refractivity contribution is 0.0994. The van der Waals surface area contributed by atoms with Gasteiger partial charge in [0.05, 0.1) is 0 Å². The third kappa shape index (κ3) is 1.64. The van der Waals surface area contributed by atoms with Crippen molar-refractivity contribution in [1.29, 1.82) is 0 Å². The molecule has 4 nitrogen and oxygen atoms in total. The molecule has 1 rings (SSSR count). The standard InChI is InChI=1S/C6H5FN2O2/c7-5-2-3(10)1-4(9-5)6(8)11/h1-2H,(H2,8,11)(H,9,10). The molecule has 0 bridgehead atoms. The van der Waals surface area contributed by atoms with E-state index in [-0.39, 0.29) is 5.69 Å². The number of primary amides is 1. The number of hydrogen-bond donors (Lipinski definition) is 2. The zero-order valence-electron chi connectivity index (χ0n) is 5.43. The van der Waals surface area contributed by atoms with Crippen molar-refractivity contribution in [2.45, 2.75) is 0 Å². The van der Waals surface area contributed by atoms with E-state index in [2.05, 4.69) is 0 Å². The quantitative estimate of drug-likeness (QED) is 0.543. The van der Waals surface area contributed by atoms with E-state index in [4.69, 9.17) is 5.73 Å². The van der Waals surface area contributed by atoms with Crippen LogP contribution in [0.5, 0.6) is 0 Å². The number of aromatic nitrogens is 1. The lowest BCUT2D eigenvalue weighted by atomic mass is 10.3. The zero-order chi connectivity index (χ0) is 8.43. The second-order valence-electron chi connectivity index (χ2n) is 1.94. The van der Waals surface area contributed by atoms with Crippen molar-refractivity contribution >= 4 is 5.91 Å². The van der Waals surface area contributed by atoms with Gasteiger partial charge in [0.15, 0.2) is 11.4 Å². The average Bonchev–Trinajstić information content (AvgIpc) is 1.85. The van der Waals surface area contributed by atoms with Crippen LogP contribution in [0.4, 0.5) is 4.39 Å². The van der Waals surface area contributed by atoms with Gasteiger partial charge in [-0.15, -0.1) is 0 Å². The van der Waals surface area contributed by atoms with Crippen LogP contribution < -0.4 is 11.2 Å². The summed E-state index contributed by atoms with van der Waals surface area (Å²) in [4.78, 5) is 22.9. The number of nitrogens with two attached hydrogens (primary N) is 1. The Balaban J connectivity index is 3.30. The van der Waals surface area contributed by atoms with Crippen molar-refractivity contribution in [1.82, 2.24) is 4.98 Å². The topological polar surface area (TPSA) is 76.0 Å². The lowest BCUT2D eigenvalue weighted by Gasteiger charge is -1.93. The van der Waals surface area contributed by atoms with Gasteiger partial charge in [-0.05, 0) is 0 Å². The lowest BCUT2D eigenvalue weighted by Crippen LogP contribution is -2.17. The third-order valence-corrected chi connectivity index (χ3v) is 1.08. The summed E-state index contributed by atoms with van der Waals surface area (Å²) in [6.45, 7) is 0. The number of pyridine rings is 1. The van der Waals surface area contributed by atoms with Crippen LogP contribution in [0.25, 0.3) is 0 Å². The predicted molar refractivity (Wildman–Crippen MR) is 35.5 cm³/mol. The van der Waals surface area contributed by atoms with Crippen LogP contribution in [0.15, 0.2) is 16.9 Å². The van der Waals surface area contributed by atoms with Gasteiger partial charge in [0.2, 0.25) is 0 Å². The number of nitrogens with one attached hydrogen (secondary N) is 1. The van der Waals surface area contributed by atoms with E-state index >= 15 is 0 Å². The Morgan fingerprint density at radius 1 is 1.55 bits per heavy atom. The van der Waals surface area contributed by atoms with Crippen LogP contribution in [0, 0.1) is 5.95 Å². The Labute approximate surface area is 60.8 Å². The van der Waals surface area contributed by atoms with Gasteiger partial charge in [0.25, 0.3) is 5.91 Å². The van der Waals surface area contributed by atoms with E-state index in [1.807, 2.05) is 4.98 Å². The molecule has 5 heteroatoms. The summed E-state index contributed by atoms with van der Waals surface area (Å²) in [5, 5.41) is 0. The second-order valence-corrected chi connectivity index (χ2v) is 1.94. The first-order chi connectivity index (χ1) is 5.09. The van der Waals surface area contributed by atoms with Crippen molar-refractivity contribution in [3.8, 4) is 0 Å². The fourth-order valence-corrected chi connectivity index (χ4v) is 0.642. The summed E-state index contributed by atoms with van der Waals surface area (Å²) >= 11 is 0. The number of rotatable bonds is 1. The van der Waals surface area contributed by atoms with Gasteiger partial charge in [-0.25, -0.2) is 0 Å². The van der Waals surface area contributed by atoms with Crippen molar-refractivity contribution in [3.63, 3.8) is 0 Å². The van der Waals surface area contributed by atoms with E-state index in [0.717, 1.165) is 12.1 Å². The van der Waals surface area contributed by atoms with Gasteiger partial charge in [-0.2, -0.15) is 4.39 Å². The molecule has 58 valence electrons. The Morgan fingerprint density at radius 2 is 2.18 bits per heavy atom. The van der Waals surface area contributed by atoms with Gasteiger partial charge >= 0.3 is 0 Å². The fraction of sp³-hybridized carbons (Fsp3) is 0. The van der Waals surface area contributed by atoms with E-state index < -0.39 is 17.3 Å². The molecule has 0 radical (unpaired) electrons. The van der Waals surface area contributed by atoms with E-state index in [1.54, 1.807) is 0 Å². The highest BCUT2D eigenvalue weighted by molar-refractivity contribution is 5.90. The summed E-state index contributed by atoms with van der Waals surface area (Å²) in [5.74, 6) is -1.73. The fourth-order valence-electron chi connectivity index (χ4n) is 0.642. The number of amides is 1. The van der Waals surface area contributed by atoms with E-state index in [9.17, 15) is 14.0 Å². The number of carbonyl (C=O) groups excluding carboxylic acids is 1. The number of aromatic amines is 1. The maximum absolute atomic E-state index is 12.3. The molecule has 0 saturated carbocycles. The van der Waals surface area contributed by atoms with Crippen molar-refractivity contribution < 1.29 is 9.18 Å². The molecule has 3 N–H and O–H groups in total. The minimum absolute atomic E-state index is 0.227. The van der Waals surface area contributed by atoms with Crippen LogP contribution in [-0.2, 0) is 0 Å². The first-order valence-corrected chi connectivity index (χ1v) is 2.79. The molecule has 0 aliphatic rings. The smallest absolute Gasteiger partial charge is 0.265 e. The number of H-pyrrole nitrogens is 1. The van der Waals surface area contributed by atoms with Gasteiger partial charge in [0, 0.05) is 12.1 Å². The highest BCUT2D eigenvalue weighted by Crippen LogP contribution is 1.90. The van der Waals surface area contributed by atoms with E-state index in [0.29, 0.717) is 0 Å². The molecule has 0 aliphatic heterocycles. The Morgan fingerprint density at radius 3 is 2.64 bits per heavy atom. The summed E-state index contributed by atoms with van der Waals surface area (Å²) < 4.78 is 12.3. The third-order valence-electron chi connectivity index (χ3n) is 1.08. The zero-order valence-corrected chi connectivity index (χ0v) is 5.43. The molecular formula is C6H5FN2O2. The monoisotopic (exact) mass is 156 g/mol. The van der Waals surface area contributed by atoms with Gasteiger partial charge in [-0.3, -0.25) is 9.59 Å². The maximum atomic E-state index is 12.3. The molecule has 0 aromatic carbocycles. The first kappa shape index (κ1) is 7.46. The molecule has 0 aliphatic carbocycles. The summed E-state index contributed by atoms with van der Waals surface area (Å²) in [7, 11) is 0. The SMILES string of the molecule is NC(=O)c1cc(=O)cc(F)[nH]1. The summed E-state index contributed by atoms with van der Waals surface area (Å²) in [6, 6.07) is 1.66. The largest absolute Gasteiger partial charge is 0.364 e. The van der Waals surface area contributed by atoms with E-state index in [1.165, 1.54) is 0 Å². The van der Waals surface area contributed by atoms with Gasteiger partial charge in [-0.1, -0.05) is 0 Å². The van der Waals surface area contributed by atoms with Crippen LogP contribution in [-0.4, -0.2) is 10.9 Å². The van der Waals surface area contributed by atoms with Crippen molar-refractivity contribution in [3.05, 3.63) is 34.0 Å². The number of halogens is 1. The highest BCUT2D eigenvalue weighted by Gasteiger charge is 2.02. The van der Waals surface area contributed by atoms with Crippen molar-refractivity contribution in [2.24, 2.45) is 5.73 Å². The molecule has 0 unspecified atom stereocenters. The molecule has 0 saturated heterocycles. The molecule has 1 aromatic rings. The molecule has 0 atom stereocenters. The predicted octanol–water partition coefficient (Wildman–Crippen LogP) is -0.387. The minimum Gasteiger partial charge on any atom is -0.364 e. The highest BCUT2D eigenvalue weighted by atomic mass is 19.1. The van der Waals surface area contributed by atoms with Gasteiger partial charge in [0.1, 0.15) is 5.69 Å². The maximum Gasteiger partial charge on any atom is 0.265 e. The first-order valence-electron chi connectivity index (χ1n) is 2.79. The minimum atomic E-state index is -0.869. The average molecular weight is 156 g/mol. The van der Waals surface area contributed by atoms with Gasteiger partial charge < -0.3 is 10.7 Å². The molecule has 1 heterocycles. The molecule has 11 heavy (non-hydrogen) atoms. The molecule has 1 amide bonds. The van der Waals surface area contributed by atoms with Crippen LogP contribution in [0.1, 0.15) is 10.5 Å².